The SMILES string of the molecule is C[C@H](CC#N)N(C)Cc1ccc([N+](=O)[O-])cc1F. The predicted molar refractivity (Wildman–Crippen MR) is 64.2 cm³/mol. The first-order valence-corrected chi connectivity index (χ1v) is 5.45. The molecule has 1 aromatic carbocycles. The van der Waals surface area contributed by atoms with Gasteiger partial charge >= 0.3 is 0 Å². The normalized spacial score (nSPS) is 12.2. The van der Waals surface area contributed by atoms with Crippen LogP contribution in [-0.2, 0) is 6.54 Å². The lowest BCUT2D eigenvalue weighted by Crippen LogP contribution is -2.28. The van der Waals surface area contributed by atoms with Crippen molar-refractivity contribution in [2.75, 3.05) is 7.05 Å². The molecule has 0 fully saturated rings. The molecule has 0 aliphatic carbocycles. The molecule has 18 heavy (non-hydrogen) atoms. The number of nitriles is 1. The topological polar surface area (TPSA) is 70.2 Å². The molecule has 0 saturated carbocycles. The van der Waals surface area contributed by atoms with Crippen molar-refractivity contribution in [3.8, 4) is 6.07 Å². The highest BCUT2D eigenvalue weighted by Gasteiger charge is 2.14. The largest absolute Gasteiger partial charge is 0.298 e. The third kappa shape index (κ3) is 3.50. The molecule has 0 aliphatic rings. The molecule has 0 heterocycles. The zero-order chi connectivity index (χ0) is 13.7. The summed E-state index contributed by atoms with van der Waals surface area (Å²) < 4.78 is 13.6. The van der Waals surface area contributed by atoms with Gasteiger partial charge in [0, 0.05) is 24.2 Å². The van der Waals surface area contributed by atoms with E-state index in [1.54, 1.807) is 7.05 Å². The Morgan fingerprint density at radius 1 is 1.61 bits per heavy atom. The van der Waals surface area contributed by atoms with Crippen LogP contribution < -0.4 is 0 Å². The maximum atomic E-state index is 13.6. The van der Waals surface area contributed by atoms with E-state index in [-0.39, 0.29) is 11.7 Å². The number of non-ortho nitro benzene ring substituents is 1. The lowest BCUT2D eigenvalue weighted by Gasteiger charge is -2.22. The lowest BCUT2D eigenvalue weighted by molar-refractivity contribution is -0.385. The third-order valence-electron chi connectivity index (χ3n) is 2.81. The lowest BCUT2D eigenvalue weighted by atomic mass is 10.1. The second-order valence-corrected chi connectivity index (χ2v) is 4.16. The molecule has 0 amide bonds. The first-order valence-electron chi connectivity index (χ1n) is 5.45. The van der Waals surface area contributed by atoms with E-state index >= 15 is 0 Å². The highest BCUT2D eigenvalue weighted by molar-refractivity contribution is 5.34. The standard InChI is InChI=1S/C12H14FN3O2/c1-9(5-6-14)15(2)8-10-3-4-11(16(17)18)7-12(10)13/h3-4,7,9H,5,8H2,1-2H3/t9-/m1/s1. The van der Waals surface area contributed by atoms with E-state index in [1.807, 2.05) is 17.9 Å². The number of hydrogen-bond donors (Lipinski definition) is 0. The van der Waals surface area contributed by atoms with E-state index < -0.39 is 10.7 Å². The molecule has 6 heteroatoms. The van der Waals surface area contributed by atoms with Crippen LogP contribution in [0.25, 0.3) is 0 Å². The maximum absolute atomic E-state index is 13.6. The van der Waals surface area contributed by atoms with E-state index in [0.717, 1.165) is 6.07 Å². The molecule has 0 bridgehead atoms. The fourth-order valence-corrected chi connectivity index (χ4v) is 1.49. The van der Waals surface area contributed by atoms with Crippen molar-refractivity contribution in [1.29, 1.82) is 5.26 Å². The van der Waals surface area contributed by atoms with Gasteiger partial charge in [0.1, 0.15) is 5.82 Å². The summed E-state index contributed by atoms with van der Waals surface area (Å²) in [6, 6.07) is 5.65. The van der Waals surface area contributed by atoms with Gasteiger partial charge in [-0.25, -0.2) is 4.39 Å². The van der Waals surface area contributed by atoms with Gasteiger partial charge in [0.15, 0.2) is 0 Å². The van der Waals surface area contributed by atoms with Crippen LogP contribution in [0.1, 0.15) is 18.9 Å². The van der Waals surface area contributed by atoms with Gasteiger partial charge in [-0.2, -0.15) is 5.26 Å². The highest BCUT2D eigenvalue weighted by Crippen LogP contribution is 2.18. The molecule has 5 nitrogen and oxygen atoms in total. The van der Waals surface area contributed by atoms with Crippen LogP contribution in [-0.4, -0.2) is 22.9 Å². The van der Waals surface area contributed by atoms with Crippen molar-refractivity contribution in [3.63, 3.8) is 0 Å². The Labute approximate surface area is 105 Å². The summed E-state index contributed by atoms with van der Waals surface area (Å²) in [7, 11) is 1.78. The van der Waals surface area contributed by atoms with Crippen LogP contribution >= 0.6 is 0 Å². The number of nitrogens with zero attached hydrogens (tertiary/aromatic N) is 3. The van der Waals surface area contributed by atoms with E-state index in [9.17, 15) is 14.5 Å². The van der Waals surface area contributed by atoms with Gasteiger partial charge < -0.3 is 0 Å². The quantitative estimate of drug-likeness (QED) is 0.595. The van der Waals surface area contributed by atoms with Crippen molar-refractivity contribution in [3.05, 3.63) is 39.7 Å². The summed E-state index contributed by atoms with van der Waals surface area (Å²) >= 11 is 0. The van der Waals surface area contributed by atoms with Crippen molar-refractivity contribution >= 4 is 5.69 Å². The Hall–Kier alpha value is -2.00. The summed E-state index contributed by atoms with van der Waals surface area (Å²) in [5.41, 5.74) is 0.122. The minimum atomic E-state index is -0.630. The Morgan fingerprint density at radius 2 is 2.28 bits per heavy atom. The van der Waals surface area contributed by atoms with E-state index in [2.05, 4.69) is 0 Å². The van der Waals surface area contributed by atoms with E-state index in [4.69, 9.17) is 5.26 Å². The summed E-state index contributed by atoms with van der Waals surface area (Å²) in [5, 5.41) is 19.1. The van der Waals surface area contributed by atoms with Gasteiger partial charge in [0.05, 0.1) is 23.5 Å². The predicted octanol–water partition coefficient (Wildman–Crippen LogP) is 2.47. The van der Waals surface area contributed by atoms with Crippen LogP contribution in [0.3, 0.4) is 0 Å². The Bertz CT molecular complexity index is 485. The fourth-order valence-electron chi connectivity index (χ4n) is 1.49. The molecule has 0 saturated heterocycles. The Kier molecular flexibility index (Phi) is 4.75. The number of hydrogen-bond acceptors (Lipinski definition) is 4. The van der Waals surface area contributed by atoms with Gasteiger partial charge in [-0.05, 0) is 20.0 Å². The third-order valence-corrected chi connectivity index (χ3v) is 2.81. The van der Waals surface area contributed by atoms with E-state index in [0.29, 0.717) is 18.5 Å². The van der Waals surface area contributed by atoms with Crippen molar-refractivity contribution in [1.82, 2.24) is 4.90 Å². The van der Waals surface area contributed by atoms with Crippen LogP contribution in [0.4, 0.5) is 10.1 Å². The monoisotopic (exact) mass is 251 g/mol. The number of benzene rings is 1. The van der Waals surface area contributed by atoms with Crippen LogP contribution in [0.2, 0.25) is 0 Å². The second kappa shape index (κ2) is 6.07. The van der Waals surface area contributed by atoms with Gasteiger partial charge in [0.25, 0.3) is 5.69 Å². The van der Waals surface area contributed by atoms with Gasteiger partial charge in [-0.3, -0.25) is 15.0 Å². The average molecular weight is 251 g/mol. The number of nitro benzene ring substituents is 1. The molecule has 0 aliphatic heterocycles. The first kappa shape index (κ1) is 14.1. The number of halogens is 1. The zero-order valence-electron chi connectivity index (χ0n) is 10.3. The summed E-state index contributed by atoms with van der Waals surface area (Å²) in [6.07, 6.45) is 0.352. The number of nitro groups is 1. The molecule has 96 valence electrons. The minimum Gasteiger partial charge on any atom is -0.298 e. The molecule has 0 radical (unpaired) electrons. The van der Waals surface area contributed by atoms with Crippen molar-refractivity contribution in [2.24, 2.45) is 0 Å². The molecule has 1 rings (SSSR count). The summed E-state index contributed by atoms with van der Waals surface area (Å²) in [5.74, 6) is -0.597. The molecule has 0 aromatic heterocycles. The Balaban J connectivity index is 2.80. The smallest absolute Gasteiger partial charge is 0.272 e. The highest BCUT2D eigenvalue weighted by atomic mass is 19.1. The maximum Gasteiger partial charge on any atom is 0.272 e. The average Bonchev–Trinajstić information content (AvgIpc) is 2.31. The fraction of sp³-hybridized carbons (Fsp3) is 0.417. The molecule has 0 N–H and O–H groups in total. The van der Waals surface area contributed by atoms with E-state index in [1.165, 1.54) is 12.1 Å². The number of rotatable bonds is 5. The molecule has 0 unspecified atom stereocenters. The molecule has 1 aromatic rings. The summed E-state index contributed by atoms with van der Waals surface area (Å²) in [6.45, 7) is 2.18. The van der Waals surface area contributed by atoms with Gasteiger partial charge in [0.2, 0.25) is 0 Å². The van der Waals surface area contributed by atoms with Crippen LogP contribution in [0.5, 0.6) is 0 Å². The van der Waals surface area contributed by atoms with Crippen LogP contribution in [0, 0.1) is 27.3 Å². The molecule has 1 atom stereocenters. The molecular weight excluding hydrogens is 237 g/mol. The zero-order valence-corrected chi connectivity index (χ0v) is 10.3. The molecule has 0 spiro atoms. The van der Waals surface area contributed by atoms with Gasteiger partial charge in [-0.15, -0.1) is 0 Å². The van der Waals surface area contributed by atoms with Gasteiger partial charge in [-0.1, -0.05) is 0 Å². The van der Waals surface area contributed by atoms with Crippen molar-refractivity contribution < 1.29 is 9.31 Å². The Morgan fingerprint density at radius 3 is 2.78 bits per heavy atom. The second-order valence-electron chi connectivity index (χ2n) is 4.16. The summed E-state index contributed by atoms with van der Waals surface area (Å²) in [4.78, 5) is 11.7. The molecular formula is C12H14FN3O2. The van der Waals surface area contributed by atoms with Crippen molar-refractivity contribution in [2.45, 2.75) is 25.9 Å². The van der Waals surface area contributed by atoms with Crippen LogP contribution in [0.15, 0.2) is 18.2 Å². The minimum absolute atomic E-state index is 0.00425. The first-order chi connectivity index (χ1) is 8.45.